The van der Waals surface area contributed by atoms with Crippen molar-refractivity contribution in [3.8, 4) is 0 Å². The van der Waals surface area contributed by atoms with Gasteiger partial charge in [-0.25, -0.2) is 0 Å². The number of carbonyl (C=O) groups excluding carboxylic acids is 1. The maximum Gasteiger partial charge on any atom is 0.238 e. The number of hydrogen-bond donors (Lipinski definition) is 2. The van der Waals surface area contributed by atoms with Crippen molar-refractivity contribution in [3.63, 3.8) is 0 Å². The molecule has 0 fully saturated rings. The number of amides is 1. The van der Waals surface area contributed by atoms with Crippen LogP contribution in [0.2, 0.25) is 0 Å². The molecule has 0 aliphatic heterocycles. The molecule has 2 N–H and O–H groups in total. The zero-order chi connectivity index (χ0) is 13.5. The summed E-state index contributed by atoms with van der Waals surface area (Å²) in [5.41, 5.74) is 2.28. The minimum absolute atomic E-state index is 0.0978. The van der Waals surface area contributed by atoms with Crippen LogP contribution < -0.4 is 10.6 Å². The molecule has 6 nitrogen and oxygen atoms in total. The van der Waals surface area contributed by atoms with Crippen LogP contribution in [0, 0.1) is 0 Å². The largest absolute Gasteiger partial charge is 0.383 e. The molecule has 1 aromatic heterocycles. The van der Waals surface area contributed by atoms with E-state index < -0.39 is 0 Å². The third kappa shape index (κ3) is 3.97. The van der Waals surface area contributed by atoms with Crippen molar-refractivity contribution >= 4 is 22.6 Å². The number of nitrogens with one attached hydrogen (secondary N) is 2. The second-order valence-corrected chi connectivity index (χ2v) is 3.98. The predicted octanol–water partition coefficient (Wildman–Crippen LogP) is 0.804. The molecule has 0 atom stereocenters. The molecule has 1 amide bonds. The molecule has 1 aromatic carbocycles. The van der Waals surface area contributed by atoms with Crippen LogP contribution in [0.25, 0.3) is 11.0 Å². The summed E-state index contributed by atoms with van der Waals surface area (Å²) >= 11 is 0. The van der Waals surface area contributed by atoms with Crippen LogP contribution in [0.3, 0.4) is 0 Å². The number of ether oxygens (including phenoxy) is 1. The number of anilines is 1. The molecule has 0 unspecified atom stereocenters. The molecule has 0 aliphatic rings. The summed E-state index contributed by atoms with van der Waals surface area (Å²) in [5, 5.41) is 5.78. The van der Waals surface area contributed by atoms with Gasteiger partial charge in [-0.1, -0.05) is 0 Å². The number of benzene rings is 1. The Labute approximate surface area is 111 Å². The van der Waals surface area contributed by atoms with Crippen LogP contribution in [-0.4, -0.2) is 42.7 Å². The summed E-state index contributed by atoms with van der Waals surface area (Å²) in [7, 11) is 1.62. The molecular weight excluding hydrogens is 244 g/mol. The highest BCUT2D eigenvalue weighted by molar-refractivity contribution is 5.94. The zero-order valence-corrected chi connectivity index (χ0v) is 10.7. The fraction of sp³-hybridized carbons (Fsp3) is 0.308. The van der Waals surface area contributed by atoms with E-state index in [4.69, 9.17) is 4.74 Å². The van der Waals surface area contributed by atoms with Crippen molar-refractivity contribution in [2.75, 3.05) is 32.1 Å². The van der Waals surface area contributed by atoms with Crippen LogP contribution in [0.1, 0.15) is 0 Å². The first kappa shape index (κ1) is 13.4. The average molecular weight is 260 g/mol. The topological polar surface area (TPSA) is 76.1 Å². The van der Waals surface area contributed by atoms with Crippen LogP contribution >= 0.6 is 0 Å². The van der Waals surface area contributed by atoms with Gasteiger partial charge in [0.05, 0.1) is 24.2 Å². The van der Waals surface area contributed by atoms with Crippen molar-refractivity contribution in [1.82, 2.24) is 15.3 Å². The lowest BCUT2D eigenvalue weighted by molar-refractivity contribution is -0.115. The Bertz CT molecular complexity index is 559. The van der Waals surface area contributed by atoms with Gasteiger partial charge in [-0.05, 0) is 18.2 Å². The molecule has 0 bridgehead atoms. The summed E-state index contributed by atoms with van der Waals surface area (Å²) in [6.45, 7) is 1.48. The number of fused-ring (bicyclic) bond motifs is 1. The van der Waals surface area contributed by atoms with E-state index >= 15 is 0 Å². The predicted molar refractivity (Wildman–Crippen MR) is 72.9 cm³/mol. The Balaban J connectivity index is 1.91. The normalized spacial score (nSPS) is 10.6. The summed E-state index contributed by atoms with van der Waals surface area (Å²) in [5.74, 6) is -0.0978. The van der Waals surface area contributed by atoms with Crippen molar-refractivity contribution < 1.29 is 9.53 Å². The zero-order valence-electron chi connectivity index (χ0n) is 10.7. The fourth-order valence-electron chi connectivity index (χ4n) is 1.62. The first-order chi connectivity index (χ1) is 9.29. The highest BCUT2D eigenvalue weighted by Crippen LogP contribution is 2.14. The van der Waals surface area contributed by atoms with E-state index in [0.29, 0.717) is 18.8 Å². The Hall–Kier alpha value is -2.05. The molecule has 2 aromatic rings. The quantitative estimate of drug-likeness (QED) is 0.751. The lowest BCUT2D eigenvalue weighted by atomic mass is 10.2. The highest BCUT2D eigenvalue weighted by atomic mass is 16.5. The van der Waals surface area contributed by atoms with Crippen molar-refractivity contribution in [3.05, 3.63) is 30.6 Å². The first-order valence-corrected chi connectivity index (χ1v) is 6.00. The van der Waals surface area contributed by atoms with Gasteiger partial charge in [0, 0.05) is 31.7 Å². The van der Waals surface area contributed by atoms with E-state index in [1.807, 2.05) is 12.1 Å². The number of aromatic nitrogens is 2. The van der Waals surface area contributed by atoms with E-state index in [-0.39, 0.29) is 12.5 Å². The molecule has 0 spiro atoms. The van der Waals surface area contributed by atoms with Gasteiger partial charge >= 0.3 is 0 Å². The molecule has 0 saturated carbocycles. The Kier molecular flexibility index (Phi) is 4.77. The second kappa shape index (κ2) is 6.77. The Morgan fingerprint density at radius 2 is 2.05 bits per heavy atom. The number of nitrogens with zero attached hydrogens (tertiary/aromatic N) is 2. The molecule has 100 valence electrons. The van der Waals surface area contributed by atoms with Gasteiger partial charge in [0.15, 0.2) is 0 Å². The van der Waals surface area contributed by atoms with Gasteiger partial charge in [0.2, 0.25) is 5.91 Å². The minimum Gasteiger partial charge on any atom is -0.383 e. The monoisotopic (exact) mass is 260 g/mol. The molecule has 0 saturated heterocycles. The lowest BCUT2D eigenvalue weighted by Crippen LogP contribution is -2.30. The molecule has 6 heteroatoms. The summed E-state index contributed by atoms with van der Waals surface area (Å²) in [6.07, 6.45) is 3.26. The average Bonchev–Trinajstić information content (AvgIpc) is 2.43. The Morgan fingerprint density at radius 1 is 1.26 bits per heavy atom. The number of rotatable bonds is 6. The van der Waals surface area contributed by atoms with E-state index in [1.54, 1.807) is 25.6 Å². The molecule has 1 heterocycles. The molecule has 0 aliphatic carbocycles. The summed E-state index contributed by atoms with van der Waals surface area (Å²) in [4.78, 5) is 20.0. The van der Waals surface area contributed by atoms with Crippen LogP contribution in [0.4, 0.5) is 5.69 Å². The van der Waals surface area contributed by atoms with Crippen molar-refractivity contribution in [2.45, 2.75) is 0 Å². The third-order valence-electron chi connectivity index (χ3n) is 2.52. The van der Waals surface area contributed by atoms with E-state index in [2.05, 4.69) is 20.6 Å². The smallest absolute Gasteiger partial charge is 0.238 e. The number of hydrogen-bond acceptors (Lipinski definition) is 5. The van der Waals surface area contributed by atoms with Gasteiger partial charge in [0.1, 0.15) is 0 Å². The van der Waals surface area contributed by atoms with Gasteiger partial charge in [0.25, 0.3) is 0 Å². The maximum atomic E-state index is 11.7. The van der Waals surface area contributed by atoms with Crippen LogP contribution in [-0.2, 0) is 9.53 Å². The molecule has 0 radical (unpaired) electrons. The maximum absolute atomic E-state index is 11.7. The third-order valence-corrected chi connectivity index (χ3v) is 2.52. The van der Waals surface area contributed by atoms with Gasteiger partial charge < -0.3 is 15.4 Å². The SMILES string of the molecule is COCCNCC(=O)Nc1ccc2nccnc2c1. The Morgan fingerprint density at radius 3 is 2.84 bits per heavy atom. The van der Waals surface area contributed by atoms with Gasteiger partial charge in [-0.2, -0.15) is 0 Å². The van der Waals surface area contributed by atoms with E-state index in [1.165, 1.54) is 0 Å². The van der Waals surface area contributed by atoms with Crippen molar-refractivity contribution in [2.24, 2.45) is 0 Å². The van der Waals surface area contributed by atoms with Gasteiger partial charge in [-0.15, -0.1) is 0 Å². The van der Waals surface area contributed by atoms with Gasteiger partial charge in [-0.3, -0.25) is 14.8 Å². The fourth-order valence-corrected chi connectivity index (χ4v) is 1.62. The molecular formula is C13H16N4O2. The van der Waals surface area contributed by atoms with E-state index in [0.717, 1.165) is 11.0 Å². The van der Waals surface area contributed by atoms with Crippen LogP contribution in [0.5, 0.6) is 0 Å². The second-order valence-electron chi connectivity index (χ2n) is 3.98. The summed E-state index contributed by atoms with van der Waals surface area (Å²) in [6, 6.07) is 5.44. The highest BCUT2D eigenvalue weighted by Gasteiger charge is 2.03. The number of carbonyl (C=O) groups is 1. The van der Waals surface area contributed by atoms with Crippen LogP contribution in [0.15, 0.2) is 30.6 Å². The summed E-state index contributed by atoms with van der Waals surface area (Å²) < 4.78 is 4.88. The van der Waals surface area contributed by atoms with E-state index in [9.17, 15) is 4.79 Å². The minimum atomic E-state index is -0.0978. The standard InChI is InChI=1S/C13H16N4O2/c1-19-7-6-14-9-13(18)17-10-2-3-11-12(8-10)16-5-4-15-11/h2-5,8,14H,6-7,9H2,1H3,(H,17,18). The van der Waals surface area contributed by atoms with Crippen molar-refractivity contribution in [1.29, 1.82) is 0 Å². The lowest BCUT2D eigenvalue weighted by Gasteiger charge is -2.07. The number of methoxy groups -OCH3 is 1. The molecule has 19 heavy (non-hydrogen) atoms. The molecule has 2 rings (SSSR count). The first-order valence-electron chi connectivity index (χ1n) is 6.00.